The molecule has 0 unspecified atom stereocenters. The molecule has 2 atom stereocenters. The van der Waals surface area contributed by atoms with Crippen LogP contribution in [0.25, 0.3) is 11.5 Å². The van der Waals surface area contributed by atoms with E-state index in [1.807, 2.05) is 6.92 Å². The highest BCUT2D eigenvalue weighted by atomic mass is 35.5. The summed E-state index contributed by atoms with van der Waals surface area (Å²) >= 11 is 6.38. The molecule has 13 heteroatoms. The number of hydrogen-bond donors (Lipinski definition) is 2. The van der Waals surface area contributed by atoms with Gasteiger partial charge in [-0.1, -0.05) is 18.5 Å². The number of sulfonamides is 1. The lowest BCUT2D eigenvalue weighted by atomic mass is 9.86. The van der Waals surface area contributed by atoms with Crippen LogP contribution in [-0.2, 0) is 21.9 Å². The van der Waals surface area contributed by atoms with E-state index in [2.05, 4.69) is 25.4 Å². The third-order valence-corrected chi connectivity index (χ3v) is 8.09. The molecule has 4 heterocycles. The molecule has 3 aromatic heterocycles. The molecule has 0 aromatic carbocycles. The normalized spacial score (nSPS) is 19.3. The number of amides is 1. The van der Waals surface area contributed by atoms with Crippen LogP contribution in [0.1, 0.15) is 31.4 Å². The number of piperidine rings is 1. The molecule has 0 spiro atoms. The van der Waals surface area contributed by atoms with Crippen molar-refractivity contribution in [3.63, 3.8) is 0 Å². The van der Waals surface area contributed by atoms with Crippen LogP contribution in [-0.4, -0.2) is 62.2 Å². The molecule has 1 aliphatic heterocycles. The lowest BCUT2D eigenvalue weighted by molar-refractivity contribution is -0.115. The maximum atomic E-state index is 13.2. The summed E-state index contributed by atoms with van der Waals surface area (Å²) in [5.74, 6) is -0.253. The lowest BCUT2D eigenvalue weighted by Crippen LogP contribution is -2.43. The van der Waals surface area contributed by atoms with E-state index in [0.29, 0.717) is 47.7 Å². The molecule has 182 valence electrons. The van der Waals surface area contributed by atoms with E-state index in [4.69, 9.17) is 11.6 Å². The van der Waals surface area contributed by atoms with Crippen LogP contribution in [0.5, 0.6) is 0 Å². The van der Waals surface area contributed by atoms with Crippen molar-refractivity contribution >= 4 is 33.3 Å². The molecule has 4 rings (SSSR count). The Hall–Kier alpha value is -2.83. The number of rotatable bonds is 7. The van der Waals surface area contributed by atoms with Crippen molar-refractivity contribution < 1.29 is 17.6 Å². The van der Waals surface area contributed by atoms with Gasteiger partial charge in [-0.3, -0.25) is 9.48 Å². The van der Waals surface area contributed by atoms with Gasteiger partial charge in [-0.15, -0.1) is 0 Å². The fraction of sp³-hybridized carbons (Fsp3) is 0.429. The van der Waals surface area contributed by atoms with E-state index < -0.39 is 15.8 Å². The van der Waals surface area contributed by atoms with E-state index in [0.717, 1.165) is 6.20 Å². The monoisotopic (exact) mass is 509 g/mol. The SMILES string of the molecule is C[C@H]1CN(S(=O)(=O)CCC(=O)Nc2ccnn2C)CC[C@H]1c1[nH]c(-c2ccc(F)cn2)nc1Cl. The van der Waals surface area contributed by atoms with Gasteiger partial charge in [0.2, 0.25) is 15.9 Å². The van der Waals surface area contributed by atoms with Gasteiger partial charge in [-0.25, -0.2) is 27.1 Å². The van der Waals surface area contributed by atoms with Gasteiger partial charge in [0, 0.05) is 38.5 Å². The summed E-state index contributed by atoms with van der Waals surface area (Å²) in [7, 11) is -1.93. The topological polar surface area (TPSA) is 126 Å². The van der Waals surface area contributed by atoms with Gasteiger partial charge in [-0.05, 0) is 24.5 Å². The fourth-order valence-corrected chi connectivity index (χ4v) is 5.91. The quantitative estimate of drug-likeness (QED) is 0.504. The number of carbonyl (C=O) groups is 1. The summed E-state index contributed by atoms with van der Waals surface area (Å²) in [6.45, 7) is 2.56. The number of hydrogen-bond acceptors (Lipinski definition) is 6. The van der Waals surface area contributed by atoms with Crippen molar-refractivity contribution in [3.8, 4) is 11.5 Å². The van der Waals surface area contributed by atoms with Gasteiger partial charge >= 0.3 is 0 Å². The van der Waals surface area contributed by atoms with E-state index in [1.54, 1.807) is 19.3 Å². The number of aromatic amines is 1. The molecule has 1 fully saturated rings. The Bertz CT molecular complexity index is 1280. The molecule has 34 heavy (non-hydrogen) atoms. The first-order valence-electron chi connectivity index (χ1n) is 10.8. The Kier molecular flexibility index (Phi) is 7.01. The summed E-state index contributed by atoms with van der Waals surface area (Å²) in [6.07, 6.45) is 3.04. The van der Waals surface area contributed by atoms with Gasteiger partial charge < -0.3 is 10.3 Å². The van der Waals surface area contributed by atoms with E-state index >= 15 is 0 Å². The van der Waals surface area contributed by atoms with Crippen LogP contribution in [0.2, 0.25) is 5.15 Å². The van der Waals surface area contributed by atoms with Crippen molar-refractivity contribution in [1.29, 1.82) is 0 Å². The Morgan fingerprint density at radius 2 is 2.15 bits per heavy atom. The minimum atomic E-state index is -3.61. The maximum absolute atomic E-state index is 13.2. The number of nitrogens with zero attached hydrogens (tertiary/aromatic N) is 5. The van der Waals surface area contributed by atoms with E-state index in [1.165, 1.54) is 21.1 Å². The molecule has 10 nitrogen and oxygen atoms in total. The minimum absolute atomic E-state index is 0.0335. The minimum Gasteiger partial charge on any atom is -0.339 e. The number of imidazole rings is 1. The Balaban J connectivity index is 1.37. The second-order valence-corrected chi connectivity index (χ2v) is 10.8. The number of nitrogens with one attached hydrogen (secondary N) is 2. The predicted octanol–water partition coefficient (Wildman–Crippen LogP) is 2.78. The van der Waals surface area contributed by atoms with Crippen LogP contribution in [0.3, 0.4) is 0 Å². The molecule has 0 saturated carbocycles. The van der Waals surface area contributed by atoms with Gasteiger partial charge in [0.15, 0.2) is 11.0 Å². The number of halogens is 2. The predicted molar refractivity (Wildman–Crippen MR) is 125 cm³/mol. The molecule has 0 radical (unpaired) electrons. The second kappa shape index (κ2) is 9.80. The molecular formula is C21H25ClFN7O3S. The van der Waals surface area contributed by atoms with E-state index in [-0.39, 0.29) is 29.9 Å². The molecule has 3 aromatic rings. The highest BCUT2D eigenvalue weighted by Gasteiger charge is 2.35. The van der Waals surface area contributed by atoms with Gasteiger partial charge in [0.05, 0.1) is 23.8 Å². The molecular weight excluding hydrogens is 485 g/mol. The summed E-state index contributed by atoms with van der Waals surface area (Å²) < 4.78 is 41.8. The average Bonchev–Trinajstić information content (AvgIpc) is 3.38. The maximum Gasteiger partial charge on any atom is 0.226 e. The average molecular weight is 510 g/mol. The van der Waals surface area contributed by atoms with Gasteiger partial charge in [0.1, 0.15) is 17.3 Å². The van der Waals surface area contributed by atoms with Crippen LogP contribution >= 0.6 is 11.6 Å². The Morgan fingerprint density at radius 1 is 1.35 bits per heavy atom. The zero-order chi connectivity index (χ0) is 24.5. The molecule has 1 aliphatic rings. The zero-order valence-electron chi connectivity index (χ0n) is 18.7. The fourth-order valence-electron chi connectivity index (χ4n) is 4.09. The zero-order valence-corrected chi connectivity index (χ0v) is 20.3. The third-order valence-electron chi connectivity index (χ3n) is 5.96. The van der Waals surface area contributed by atoms with Crippen molar-refractivity contribution in [2.24, 2.45) is 13.0 Å². The molecule has 1 amide bonds. The third kappa shape index (κ3) is 5.29. The number of carbonyl (C=O) groups excluding carboxylic acids is 1. The Labute approximate surface area is 201 Å². The summed E-state index contributed by atoms with van der Waals surface area (Å²) in [5.41, 5.74) is 1.18. The van der Waals surface area contributed by atoms with E-state index in [9.17, 15) is 17.6 Å². The van der Waals surface area contributed by atoms with Crippen molar-refractivity contribution in [3.05, 3.63) is 47.3 Å². The molecule has 0 aliphatic carbocycles. The number of anilines is 1. The highest BCUT2D eigenvalue weighted by molar-refractivity contribution is 7.89. The van der Waals surface area contributed by atoms with Crippen molar-refractivity contribution in [1.82, 2.24) is 29.0 Å². The second-order valence-electron chi connectivity index (χ2n) is 8.34. The van der Waals surface area contributed by atoms with Crippen LogP contribution in [0.15, 0.2) is 30.6 Å². The van der Waals surface area contributed by atoms with Gasteiger partial charge in [0.25, 0.3) is 0 Å². The van der Waals surface area contributed by atoms with Crippen molar-refractivity contribution in [2.75, 3.05) is 24.2 Å². The van der Waals surface area contributed by atoms with Gasteiger partial charge in [-0.2, -0.15) is 5.10 Å². The standard InChI is InChI=1S/C21H25ClFN7O3S/c1-13-12-30(34(32,33)10-7-18(31)26-17-5-8-25-29(17)2)9-6-15(13)19-20(22)28-21(27-19)16-4-3-14(23)11-24-16/h3-5,8,11,13,15H,6-7,9-10,12H2,1-2H3,(H,26,31)(H,27,28)/t13-,15+/m0/s1. The van der Waals surface area contributed by atoms with Crippen LogP contribution in [0.4, 0.5) is 10.2 Å². The van der Waals surface area contributed by atoms with Crippen molar-refractivity contribution in [2.45, 2.75) is 25.7 Å². The smallest absolute Gasteiger partial charge is 0.226 e. The molecule has 0 bridgehead atoms. The summed E-state index contributed by atoms with van der Waals surface area (Å²) in [5, 5.41) is 6.91. The van der Waals surface area contributed by atoms with Crippen LogP contribution < -0.4 is 5.32 Å². The number of aryl methyl sites for hydroxylation is 1. The number of pyridine rings is 1. The number of aromatic nitrogens is 5. The first-order chi connectivity index (χ1) is 16.1. The first-order valence-corrected chi connectivity index (χ1v) is 12.8. The summed E-state index contributed by atoms with van der Waals surface area (Å²) in [4.78, 5) is 23.7. The Morgan fingerprint density at radius 3 is 2.79 bits per heavy atom. The lowest BCUT2D eigenvalue weighted by Gasteiger charge is -2.35. The highest BCUT2D eigenvalue weighted by Crippen LogP contribution is 2.37. The summed E-state index contributed by atoms with van der Waals surface area (Å²) in [6, 6.07) is 4.44. The molecule has 1 saturated heterocycles. The van der Waals surface area contributed by atoms with Crippen LogP contribution in [0, 0.1) is 11.7 Å². The first kappa shape index (κ1) is 24.3. The number of H-pyrrole nitrogens is 1. The largest absolute Gasteiger partial charge is 0.339 e. The molecule has 2 N–H and O–H groups in total.